The van der Waals surface area contributed by atoms with Gasteiger partial charge in [0.15, 0.2) is 5.78 Å². The van der Waals surface area contributed by atoms with Crippen molar-refractivity contribution < 1.29 is 18.0 Å². The number of alkyl halides is 3. The van der Waals surface area contributed by atoms with Crippen LogP contribution >= 0.6 is 0 Å². The number of carbonyl (C=O) groups is 1. The third-order valence-corrected chi connectivity index (χ3v) is 3.17. The van der Waals surface area contributed by atoms with Gasteiger partial charge in [-0.2, -0.15) is 13.2 Å². The Morgan fingerprint density at radius 1 is 1.10 bits per heavy atom. The second kappa shape index (κ2) is 6.08. The van der Waals surface area contributed by atoms with Gasteiger partial charge < -0.3 is 0 Å². The third kappa shape index (κ3) is 3.90. The molecule has 0 atom stereocenters. The summed E-state index contributed by atoms with van der Waals surface area (Å²) in [7, 11) is 0. The number of hydrogen-bond acceptors (Lipinski definition) is 2. The largest absolute Gasteiger partial charge is 0.416 e. The van der Waals surface area contributed by atoms with E-state index in [0.29, 0.717) is 5.69 Å². The van der Waals surface area contributed by atoms with Crippen LogP contribution in [0.3, 0.4) is 0 Å². The molecule has 0 saturated carbocycles. The molecule has 0 radical (unpaired) electrons. The van der Waals surface area contributed by atoms with Crippen LogP contribution in [0.15, 0.2) is 42.6 Å². The number of halogens is 3. The maximum atomic E-state index is 12.4. The fourth-order valence-electron chi connectivity index (χ4n) is 1.88. The van der Waals surface area contributed by atoms with Crippen LogP contribution in [0.5, 0.6) is 0 Å². The van der Waals surface area contributed by atoms with Gasteiger partial charge in [-0.15, -0.1) is 0 Å². The van der Waals surface area contributed by atoms with Gasteiger partial charge in [0.25, 0.3) is 0 Å². The van der Waals surface area contributed by atoms with Gasteiger partial charge in [0, 0.05) is 17.5 Å². The van der Waals surface area contributed by atoms with Crippen molar-refractivity contribution in [1.82, 2.24) is 4.98 Å². The predicted octanol–water partition coefficient (Wildman–Crippen LogP) is 4.09. The molecule has 2 rings (SSSR count). The molecular weight excluding hydrogens is 279 g/mol. The topological polar surface area (TPSA) is 30.0 Å². The molecule has 0 N–H and O–H groups in total. The van der Waals surface area contributed by atoms with Gasteiger partial charge in [-0.05, 0) is 30.2 Å². The molecule has 21 heavy (non-hydrogen) atoms. The molecule has 0 aliphatic rings. The average Bonchev–Trinajstić information content (AvgIpc) is 2.47. The summed E-state index contributed by atoms with van der Waals surface area (Å²) in [6.07, 6.45) is -1.75. The van der Waals surface area contributed by atoms with Gasteiger partial charge in [0.05, 0.1) is 12.0 Å². The smallest absolute Gasteiger partial charge is 0.294 e. The van der Waals surface area contributed by atoms with Crippen molar-refractivity contribution in [2.24, 2.45) is 0 Å². The molecule has 1 aromatic carbocycles. The quantitative estimate of drug-likeness (QED) is 0.795. The van der Waals surface area contributed by atoms with Gasteiger partial charge in [0.2, 0.25) is 0 Å². The fraction of sp³-hybridized carbons (Fsp3) is 0.250. The molecule has 2 aromatic rings. The first kappa shape index (κ1) is 15.2. The number of Topliss-reactive ketones (excluding diaryl/α,β-unsaturated/α-hetero) is 1. The maximum Gasteiger partial charge on any atom is 0.416 e. The van der Waals surface area contributed by atoms with Crippen molar-refractivity contribution in [3.63, 3.8) is 0 Å². The normalized spacial score (nSPS) is 11.4. The Morgan fingerprint density at radius 2 is 1.76 bits per heavy atom. The van der Waals surface area contributed by atoms with E-state index in [0.717, 1.165) is 24.1 Å². The molecule has 0 unspecified atom stereocenters. The molecule has 0 fully saturated rings. The number of aryl methyl sites for hydroxylation is 1. The van der Waals surface area contributed by atoms with E-state index in [-0.39, 0.29) is 17.8 Å². The van der Waals surface area contributed by atoms with E-state index < -0.39 is 11.7 Å². The van der Waals surface area contributed by atoms with Crippen molar-refractivity contribution in [2.75, 3.05) is 0 Å². The highest BCUT2D eigenvalue weighted by atomic mass is 19.4. The molecule has 2 nitrogen and oxygen atoms in total. The summed E-state index contributed by atoms with van der Waals surface area (Å²) in [5.41, 5.74) is 1.17. The second-order valence-corrected chi connectivity index (χ2v) is 4.69. The minimum absolute atomic E-state index is 0.0787. The summed E-state index contributed by atoms with van der Waals surface area (Å²) in [5, 5.41) is 0. The van der Waals surface area contributed by atoms with E-state index in [1.165, 1.54) is 12.1 Å². The zero-order valence-corrected chi connectivity index (χ0v) is 11.4. The molecule has 0 saturated heterocycles. The van der Waals surface area contributed by atoms with Crippen molar-refractivity contribution in [2.45, 2.75) is 25.9 Å². The van der Waals surface area contributed by atoms with E-state index in [2.05, 4.69) is 4.98 Å². The SMILES string of the molecule is CCc1ccc(CC(=O)c2ccc(C(F)(F)F)cc2)nc1. The van der Waals surface area contributed by atoms with E-state index in [1.54, 1.807) is 12.3 Å². The molecule has 0 aliphatic heterocycles. The number of benzene rings is 1. The van der Waals surface area contributed by atoms with E-state index in [4.69, 9.17) is 0 Å². The van der Waals surface area contributed by atoms with Gasteiger partial charge >= 0.3 is 6.18 Å². The summed E-state index contributed by atoms with van der Waals surface area (Å²) in [4.78, 5) is 16.2. The Labute approximate surface area is 120 Å². The monoisotopic (exact) mass is 293 g/mol. The van der Waals surface area contributed by atoms with Gasteiger partial charge in [-0.1, -0.05) is 25.1 Å². The summed E-state index contributed by atoms with van der Waals surface area (Å²) in [6, 6.07) is 7.89. The lowest BCUT2D eigenvalue weighted by Gasteiger charge is -2.07. The number of ketones is 1. The molecular formula is C16H14F3NO. The Kier molecular flexibility index (Phi) is 4.40. The predicted molar refractivity (Wildman–Crippen MR) is 73.1 cm³/mol. The summed E-state index contributed by atoms with van der Waals surface area (Å²) >= 11 is 0. The lowest BCUT2D eigenvalue weighted by Crippen LogP contribution is -2.08. The molecule has 0 bridgehead atoms. The van der Waals surface area contributed by atoms with Crippen LogP contribution in [-0.2, 0) is 19.0 Å². The van der Waals surface area contributed by atoms with Crippen LogP contribution in [-0.4, -0.2) is 10.8 Å². The van der Waals surface area contributed by atoms with E-state index in [9.17, 15) is 18.0 Å². The van der Waals surface area contributed by atoms with E-state index in [1.807, 2.05) is 13.0 Å². The van der Waals surface area contributed by atoms with Gasteiger partial charge in [0.1, 0.15) is 0 Å². The number of pyridine rings is 1. The minimum atomic E-state index is -4.39. The van der Waals surface area contributed by atoms with Crippen molar-refractivity contribution in [3.05, 3.63) is 65.0 Å². The molecule has 1 aromatic heterocycles. The Morgan fingerprint density at radius 3 is 2.24 bits per heavy atom. The highest BCUT2D eigenvalue weighted by Gasteiger charge is 2.30. The summed E-state index contributed by atoms with van der Waals surface area (Å²) in [5.74, 6) is -0.250. The molecule has 0 aliphatic carbocycles. The van der Waals surface area contributed by atoms with Crippen molar-refractivity contribution >= 4 is 5.78 Å². The first-order chi connectivity index (χ1) is 9.90. The lowest BCUT2D eigenvalue weighted by atomic mass is 10.0. The van der Waals surface area contributed by atoms with Gasteiger partial charge in [-0.3, -0.25) is 9.78 Å². The maximum absolute atomic E-state index is 12.4. The first-order valence-electron chi connectivity index (χ1n) is 6.54. The lowest BCUT2D eigenvalue weighted by molar-refractivity contribution is -0.137. The van der Waals surface area contributed by atoms with Crippen LogP contribution in [0.2, 0.25) is 0 Å². The number of aromatic nitrogens is 1. The average molecular weight is 293 g/mol. The third-order valence-electron chi connectivity index (χ3n) is 3.17. The van der Waals surface area contributed by atoms with Crippen LogP contribution in [0.1, 0.15) is 34.1 Å². The van der Waals surface area contributed by atoms with Crippen LogP contribution in [0.4, 0.5) is 13.2 Å². The number of nitrogens with zero attached hydrogens (tertiary/aromatic N) is 1. The molecule has 5 heteroatoms. The standard InChI is InChI=1S/C16H14F3NO/c1-2-11-3-8-14(20-10-11)9-15(21)12-4-6-13(7-5-12)16(17,18)19/h3-8,10H,2,9H2,1H3. The Bertz CT molecular complexity index is 615. The Balaban J connectivity index is 2.09. The number of hydrogen-bond donors (Lipinski definition) is 0. The van der Waals surface area contributed by atoms with Crippen LogP contribution in [0, 0.1) is 0 Å². The molecule has 0 amide bonds. The zero-order valence-electron chi connectivity index (χ0n) is 11.4. The zero-order chi connectivity index (χ0) is 15.5. The summed E-state index contributed by atoms with van der Waals surface area (Å²) in [6.45, 7) is 2.00. The molecule has 1 heterocycles. The first-order valence-corrected chi connectivity index (χ1v) is 6.54. The van der Waals surface area contributed by atoms with Crippen molar-refractivity contribution in [3.8, 4) is 0 Å². The number of rotatable bonds is 4. The van der Waals surface area contributed by atoms with E-state index >= 15 is 0 Å². The molecule has 0 spiro atoms. The summed E-state index contributed by atoms with van der Waals surface area (Å²) < 4.78 is 37.3. The van der Waals surface area contributed by atoms with Crippen molar-refractivity contribution in [1.29, 1.82) is 0 Å². The Hall–Kier alpha value is -2.17. The second-order valence-electron chi connectivity index (χ2n) is 4.69. The van der Waals surface area contributed by atoms with Gasteiger partial charge in [-0.25, -0.2) is 0 Å². The highest BCUT2D eigenvalue weighted by molar-refractivity contribution is 5.97. The van der Waals surface area contributed by atoms with Crippen LogP contribution < -0.4 is 0 Å². The number of carbonyl (C=O) groups excluding carboxylic acids is 1. The fourth-order valence-corrected chi connectivity index (χ4v) is 1.88. The van der Waals surface area contributed by atoms with Crippen LogP contribution in [0.25, 0.3) is 0 Å². The molecule has 110 valence electrons. The minimum Gasteiger partial charge on any atom is -0.294 e. The highest BCUT2D eigenvalue weighted by Crippen LogP contribution is 2.29.